The molecule has 0 spiro atoms. The molecule has 0 amide bonds. The summed E-state index contributed by atoms with van der Waals surface area (Å²) in [6.45, 7) is 1.99. The van der Waals surface area contributed by atoms with Crippen molar-refractivity contribution in [1.29, 1.82) is 0 Å². The third-order valence-electron chi connectivity index (χ3n) is 2.33. The molecule has 1 aromatic heterocycles. The first-order chi connectivity index (χ1) is 8.65. The SMILES string of the molecule is CC(N)Cc1ccc(Cl)cc1Sc1cnccn1. The number of nitrogens with zero attached hydrogens (tertiary/aromatic N) is 2. The van der Waals surface area contributed by atoms with Crippen molar-refractivity contribution in [3.63, 3.8) is 0 Å². The van der Waals surface area contributed by atoms with Gasteiger partial charge in [-0.15, -0.1) is 0 Å². The fraction of sp³-hybridized carbons (Fsp3) is 0.231. The standard InChI is InChI=1S/C13H14ClN3S/c1-9(15)6-10-2-3-11(14)7-12(10)18-13-8-16-4-5-17-13/h2-5,7-9H,6,15H2,1H3. The normalized spacial score (nSPS) is 12.4. The fourth-order valence-corrected chi connectivity index (χ4v) is 2.75. The summed E-state index contributed by atoms with van der Waals surface area (Å²) in [7, 11) is 0. The van der Waals surface area contributed by atoms with E-state index in [-0.39, 0.29) is 6.04 Å². The van der Waals surface area contributed by atoms with Gasteiger partial charge >= 0.3 is 0 Å². The number of aromatic nitrogens is 2. The Morgan fingerprint density at radius 3 is 2.89 bits per heavy atom. The number of nitrogens with two attached hydrogens (primary N) is 1. The molecular weight excluding hydrogens is 266 g/mol. The topological polar surface area (TPSA) is 51.8 Å². The van der Waals surface area contributed by atoms with Gasteiger partial charge in [-0.2, -0.15) is 0 Å². The molecule has 1 heterocycles. The quantitative estimate of drug-likeness (QED) is 0.934. The van der Waals surface area contributed by atoms with Gasteiger partial charge < -0.3 is 5.73 Å². The van der Waals surface area contributed by atoms with Crippen LogP contribution < -0.4 is 5.73 Å². The van der Waals surface area contributed by atoms with E-state index >= 15 is 0 Å². The highest BCUT2D eigenvalue weighted by Gasteiger charge is 2.08. The molecule has 0 saturated carbocycles. The molecule has 0 radical (unpaired) electrons. The predicted molar refractivity (Wildman–Crippen MR) is 75.0 cm³/mol. The predicted octanol–water partition coefficient (Wildman–Crippen LogP) is 3.17. The Morgan fingerprint density at radius 1 is 1.39 bits per heavy atom. The molecule has 2 aromatic rings. The molecule has 5 heteroatoms. The number of halogens is 1. The first-order valence-electron chi connectivity index (χ1n) is 5.63. The zero-order chi connectivity index (χ0) is 13.0. The summed E-state index contributed by atoms with van der Waals surface area (Å²) in [5.41, 5.74) is 7.04. The summed E-state index contributed by atoms with van der Waals surface area (Å²) in [4.78, 5) is 9.39. The summed E-state index contributed by atoms with van der Waals surface area (Å²) >= 11 is 7.60. The average molecular weight is 280 g/mol. The Hall–Kier alpha value is -1.10. The minimum absolute atomic E-state index is 0.118. The molecule has 0 aliphatic carbocycles. The van der Waals surface area contributed by atoms with E-state index in [2.05, 4.69) is 9.97 Å². The van der Waals surface area contributed by atoms with Crippen LogP contribution in [0.4, 0.5) is 0 Å². The van der Waals surface area contributed by atoms with Gasteiger partial charge in [0.2, 0.25) is 0 Å². The van der Waals surface area contributed by atoms with E-state index in [0.717, 1.165) is 21.4 Å². The lowest BCUT2D eigenvalue weighted by Gasteiger charge is -2.11. The van der Waals surface area contributed by atoms with Crippen LogP contribution in [-0.2, 0) is 6.42 Å². The summed E-state index contributed by atoms with van der Waals surface area (Å²) in [5, 5.41) is 1.57. The minimum atomic E-state index is 0.118. The highest BCUT2D eigenvalue weighted by atomic mass is 35.5. The second kappa shape index (κ2) is 6.18. The molecule has 3 nitrogen and oxygen atoms in total. The van der Waals surface area contributed by atoms with Crippen LogP contribution in [0.25, 0.3) is 0 Å². The zero-order valence-electron chi connectivity index (χ0n) is 10.0. The maximum atomic E-state index is 6.04. The summed E-state index contributed by atoms with van der Waals surface area (Å²) in [5.74, 6) is 0. The van der Waals surface area contributed by atoms with Gasteiger partial charge in [0.05, 0.1) is 6.20 Å². The van der Waals surface area contributed by atoms with E-state index in [1.165, 1.54) is 5.56 Å². The lowest BCUT2D eigenvalue weighted by Crippen LogP contribution is -2.18. The Bertz CT molecular complexity index is 517. The van der Waals surface area contributed by atoms with E-state index < -0.39 is 0 Å². The van der Waals surface area contributed by atoms with Crippen molar-refractivity contribution in [3.8, 4) is 0 Å². The van der Waals surface area contributed by atoms with Crippen LogP contribution in [-0.4, -0.2) is 16.0 Å². The van der Waals surface area contributed by atoms with Crippen LogP contribution in [0, 0.1) is 0 Å². The van der Waals surface area contributed by atoms with Gasteiger partial charge in [0, 0.05) is 28.4 Å². The maximum absolute atomic E-state index is 6.04. The van der Waals surface area contributed by atoms with Gasteiger partial charge in [-0.3, -0.25) is 4.98 Å². The Kier molecular flexibility index (Phi) is 4.58. The molecule has 2 rings (SSSR count). The second-order valence-corrected chi connectivity index (χ2v) is 5.58. The van der Waals surface area contributed by atoms with Crippen molar-refractivity contribution in [2.75, 3.05) is 0 Å². The summed E-state index contributed by atoms with van der Waals surface area (Å²) < 4.78 is 0. The average Bonchev–Trinajstić information content (AvgIpc) is 2.33. The lowest BCUT2D eigenvalue weighted by molar-refractivity contribution is 0.729. The van der Waals surface area contributed by atoms with Gasteiger partial charge in [0.25, 0.3) is 0 Å². The van der Waals surface area contributed by atoms with Gasteiger partial charge in [0.15, 0.2) is 0 Å². The number of hydrogen-bond acceptors (Lipinski definition) is 4. The fourth-order valence-electron chi connectivity index (χ4n) is 1.59. The first-order valence-corrected chi connectivity index (χ1v) is 6.82. The highest BCUT2D eigenvalue weighted by Crippen LogP contribution is 2.31. The number of hydrogen-bond donors (Lipinski definition) is 1. The van der Waals surface area contributed by atoms with Crippen molar-refractivity contribution in [2.24, 2.45) is 5.73 Å². The molecule has 0 fully saturated rings. The minimum Gasteiger partial charge on any atom is -0.328 e. The zero-order valence-corrected chi connectivity index (χ0v) is 11.6. The molecule has 18 heavy (non-hydrogen) atoms. The van der Waals surface area contributed by atoms with Crippen molar-refractivity contribution in [2.45, 2.75) is 29.3 Å². The molecule has 0 bridgehead atoms. The molecule has 0 aliphatic heterocycles. The largest absolute Gasteiger partial charge is 0.328 e. The lowest BCUT2D eigenvalue weighted by atomic mass is 10.1. The van der Waals surface area contributed by atoms with E-state index in [9.17, 15) is 0 Å². The van der Waals surface area contributed by atoms with Crippen LogP contribution in [0.15, 0.2) is 46.7 Å². The van der Waals surface area contributed by atoms with Crippen LogP contribution in [0.1, 0.15) is 12.5 Å². The summed E-state index contributed by atoms with van der Waals surface area (Å²) in [6, 6.07) is 5.97. The molecule has 0 saturated heterocycles. The number of benzene rings is 1. The smallest absolute Gasteiger partial charge is 0.119 e. The van der Waals surface area contributed by atoms with Crippen molar-refractivity contribution >= 4 is 23.4 Å². The molecule has 1 atom stereocenters. The summed E-state index contributed by atoms with van der Waals surface area (Å²) in [6.07, 6.45) is 5.89. The van der Waals surface area contributed by atoms with E-state index in [1.54, 1.807) is 30.4 Å². The van der Waals surface area contributed by atoms with Crippen molar-refractivity contribution in [3.05, 3.63) is 47.4 Å². The van der Waals surface area contributed by atoms with Gasteiger partial charge in [-0.25, -0.2) is 4.98 Å². The molecule has 0 aliphatic rings. The molecule has 94 valence electrons. The van der Waals surface area contributed by atoms with E-state index in [0.29, 0.717) is 0 Å². The Morgan fingerprint density at radius 2 is 2.22 bits per heavy atom. The second-order valence-electron chi connectivity index (χ2n) is 4.08. The first kappa shape index (κ1) is 13.3. The van der Waals surface area contributed by atoms with Crippen LogP contribution in [0.5, 0.6) is 0 Å². The van der Waals surface area contributed by atoms with Crippen LogP contribution in [0.2, 0.25) is 5.02 Å². The Labute approximate surface area is 116 Å². The molecule has 2 N–H and O–H groups in total. The monoisotopic (exact) mass is 279 g/mol. The van der Waals surface area contributed by atoms with Crippen molar-refractivity contribution in [1.82, 2.24) is 9.97 Å². The van der Waals surface area contributed by atoms with Crippen LogP contribution >= 0.6 is 23.4 Å². The van der Waals surface area contributed by atoms with E-state index in [1.807, 2.05) is 25.1 Å². The third-order valence-corrected chi connectivity index (χ3v) is 3.58. The molecule has 1 unspecified atom stereocenters. The molecule has 1 aromatic carbocycles. The highest BCUT2D eigenvalue weighted by molar-refractivity contribution is 7.99. The van der Waals surface area contributed by atoms with Crippen molar-refractivity contribution < 1.29 is 0 Å². The van der Waals surface area contributed by atoms with Gasteiger partial charge in [-0.05, 0) is 31.0 Å². The van der Waals surface area contributed by atoms with Gasteiger partial charge in [0.1, 0.15) is 5.03 Å². The molecular formula is C13H14ClN3S. The maximum Gasteiger partial charge on any atom is 0.119 e. The third kappa shape index (κ3) is 3.70. The Balaban J connectivity index is 2.27. The van der Waals surface area contributed by atoms with Crippen LogP contribution in [0.3, 0.4) is 0 Å². The number of rotatable bonds is 4. The van der Waals surface area contributed by atoms with E-state index in [4.69, 9.17) is 17.3 Å². The van der Waals surface area contributed by atoms with Gasteiger partial charge in [-0.1, -0.05) is 29.4 Å².